The smallest absolute Gasteiger partial charge is 0.269 e. The van der Waals surface area contributed by atoms with E-state index in [1.54, 1.807) is 6.92 Å². The number of halogens is 4. The van der Waals surface area contributed by atoms with Crippen LogP contribution < -0.4 is 0 Å². The molecule has 0 aliphatic carbocycles. The first-order valence-electron chi connectivity index (χ1n) is 4.69. The highest BCUT2D eigenvalue weighted by molar-refractivity contribution is 8.13. The Kier molecular flexibility index (Phi) is 7.82. The summed E-state index contributed by atoms with van der Waals surface area (Å²) in [6.07, 6.45) is -7.65. The number of alkyl halides is 4. The van der Waals surface area contributed by atoms with Gasteiger partial charge in [0.15, 0.2) is 11.3 Å². The van der Waals surface area contributed by atoms with Gasteiger partial charge in [-0.2, -0.15) is 0 Å². The molecule has 2 atom stereocenters. The van der Waals surface area contributed by atoms with Crippen LogP contribution in [0.1, 0.15) is 26.2 Å². The fraction of sp³-hybridized carbons (Fsp3) is 0.889. The van der Waals surface area contributed by atoms with Gasteiger partial charge >= 0.3 is 0 Å². The van der Waals surface area contributed by atoms with Gasteiger partial charge in [0.2, 0.25) is 0 Å². The minimum absolute atomic E-state index is 0.0659. The number of carbonyl (C=O) groups is 1. The molecule has 1 nitrogen and oxygen atoms in total. The molecule has 0 spiro atoms. The zero-order valence-corrected chi connectivity index (χ0v) is 9.21. The maximum Gasteiger partial charge on any atom is 0.269 e. The lowest BCUT2D eigenvalue weighted by atomic mass is 10.1. The molecule has 0 bridgehead atoms. The van der Waals surface area contributed by atoms with E-state index < -0.39 is 25.2 Å². The lowest BCUT2D eigenvalue weighted by Crippen LogP contribution is -2.18. The summed E-state index contributed by atoms with van der Waals surface area (Å²) in [6.45, 7) is 1.68. The molecular weight excluding hydrogens is 232 g/mol. The molecule has 15 heavy (non-hydrogen) atoms. The summed E-state index contributed by atoms with van der Waals surface area (Å²) in [4.78, 5) is 10.8. The van der Waals surface area contributed by atoms with E-state index >= 15 is 0 Å². The van der Waals surface area contributed by atoms with E-state index in [1.165, 1.54) is 0 Å². The van der Waals surface area contributed by atoms with Gasteiger partial charge in [-0.3, -0.25) is 4.79 Å². The highest BCUT2D eigenvalue weighted by Gasteiger charge is 2.23. The number of thioether (sulfide) groups is 1. The van der Waals surface area contributed by atoms with E-state index in [-0.39, 0.29) is 17.3 Å². The molecule has 0 aromatic heterocycles. The summed E-state index contributed by atoms with van der Waals surface area (Å²) in [5.74, 6) is 0.212. The van der Waals surface area contributed by atoms with Gasteiger partial charge in [0.25, 0.3) is 6.43 Å². The molecule has 2 unspecified atom stereocenters. The predicted octanol–water partition coefficient (Wildman–Crippen LogP) is 3.38. The van der Waals surface area contributed by atoms with Crippen molar-refractivity contribution in [1.82, 2.24) is 0 Å². The number of carbonyl (C=O) groups excluding carboxylic acids is 1. The van der Waals surface area contributed by atoms with Gasteiger partial charge in [0, 0.05) is 18.6 Å². The number of rotatable bonds is 7. The molecule has 6 heteroatoms. The van der Waals surface area contributed by atoms with Crippen LogP contribution in [0.3, 0.4) is 0 Å². The van der Waals surface area contributed by atoms with Crippen LogP contribution in [0.25, 0.3) is 0 Å². The summed E-state index contributed by atoms with van der Waals surface area (Å²) in [6, 6.07) is 0. The maximum atomic E-state index is 12.9. The topological polar surface area (TPSA) is 17.1 Å². The first-order valence-corrected chi connectivity index (χ1v) is 5.67. The Morgan fingerprint density at radius 1 is 1.27 bits per heavy atom. The van der Waals surface area contributed by atoms with Crippen molar-refractivity contribution in [2.75, 3.05) is 5.75 Å². The Balaban J connectivity index is 3.57. The molecule has 0 amide bonds. The first kappa shape index (κ1) is 14.7. The van der Waals surface area contributed by atoms with Crippen LogP contribution in [0.2, 0.25) is 0 Å². The Morgan fingerprint density at radius 3 is 2.33 bits per heavy atom. The van der Waals surface area contributed by atoms with Crippen LogP contribution in [0.15, 0.2) is 0 Å². The molecule has 0 radical (unpaired) electrons. The second-order valence-electron chi connectivity index (χ2n) is 3.05. The largest absolute Gasteiger partial charge is 0.287 e. The average molecular weight is 246 g/mol. The average Bonchev–Trinajstić information content (AvgIpc) is 2.17. The normalized spacial score (nSPS) is 15.3. The van der Waals surface area contributed by atoms with E-state index in [9.17, 15) is 22.4 Å². The fourth-order valence-electron chi connectivity index (χ4n) is 0.868. The molecule has 0 aromatic carbocycles. The van der Waals surface area contributed by atoms with Gasteiger partial charge < -0.3 is 0 Å². The summed E-state index contributed by atoms with van der Waals surface area (Å²) in [5.41, 5.74) is 0. The van der Waals surface area contributed by atoms with Gasteiger partial charge in [0.05, 0.1) is 0 Å². The van der Waals surface area contributed by atoms with Crippen molar-refractivity contribution in [2.24, 2.45) is 0 Å². The quantitative estimate of drug-likeness (QED) is 0.640. The van der Waals surface area contributed by atoms with Crippen LogP contribution in [0.5, 0.6) is 0 Å². The molecule has 0 aliphatic heterocycles. The summed E-state index contributed by atoms with van der Waals surface area (Å²) < 4.78 is 48.6. The fourth-order valence-corrected chi connectivity index (χ4v) is 1.67. The second-order valence-corrected chi connectivity index (χ2v) is 4.20. The molecule has 0 saturated carbocycles. The third kappa shape index (κ3) is 7.64. The van der Waals surface area contributed by atoms with Gasteiger partial charge in [-0.1, -0.05) is 18.7 Å². The highest BCUT2D eigenvalue weighted by Crippen LogP contribution is 2.18. The van der Waals surface area contributed by atoms with Gasteiger partial charge in [-0.05, 0) is 6.42 Å². The van der Waals surface area contributed by atoms with Crippen molar-refractivity contribution in [3.8, 4) is 0 Å². The number of hydrogen-bond donors (Lipinski definition) is 0. The SMILES string of the molecule is CCC(=O)SCCC(F)CC(F)C(F)F. The first-order chi connectivity index (χ1) is 6.97. The molecule has 0 N–H and O–H groups in total. The van der Waals surface area contributed by atoms with Crippen LogP contribution in [0, 0.1) is 0 Å². The maximum absolute atomic E-state index is 12.9. The van der Waals surface area contributed by atoms with Crippen molar-refractivity contribution in [3.05, 3.63) is 0 Å². The zero-order valence-electron chi connectivity index (χ0n) is 8.39. The molecule has 0 saturated heterocycles. The van der Waals surface area contributed by atoms with Gasteiger partial charge in [-0.25, -0.2) is 17.6 Å². The minimum Gasteiger partial charge on any atom is -0.287 e. The monoisotopic (exact) mass is 246 g/mol. The lowest BCUT2D eigenvalue weighted by molar-refractivity contribution is -0.110. The van der Waals surface area contributed by atoms with Crippen LogP contribution in [-0.4, -0.2) is 29.6 Å². The minimum atomic E-state index is -3.13. The molecule has 0 rings (SSSR count). The Morgan fingerprint density at radius 2 is 1.87 bits per heavy atom. The van der Waals surface area contributed by atoms with Crippen molar-refractivity contribution >= 4 is 16.9 Å². The van der Waals surface area contributed by atoms with Gasteiger partial charge in [0.1, 0.15) is 6.17 Å². The Labute approximate surface area is 90.6 Å². The summed E-state index contributed by atoms with van der Waals surface area (Å²) in [7, 11) is 0. The Bertz CT molecular complexity index is 189. The second kappa shape index (κ2) is 7.96. The van der Waals surface area contributed by atoms with E-state index in [4.69, 9.17) is 0 Å². The van der Waals surface area contributed by atoms with E-state index in [0.717, 1.165) is 11.8 Å². The van der Waals surface area contributed by atoms with Crippen molar-refractivity contribution < 1.29 is 22.4 Å². The predicted molar refractivity (Wildman–Crippen MR) is 52.8 cm³/mol. The molecule has 90 valence electrons. The van der Waals surface area contributed by atoms with Crippen molar-refractivity contribution in [2.45, 2.75) is 45.0 Å². The molecule has 0 heterocycles. The molecule has 0 aromatic rings. The van der Waals surface area contributed by atoms with Crippen LogP contribution in [-0.2, 0) is 4.79 Å². The zero-order chi connectivity index (χ0) is 11.8. The van der Waals surface area contributed by atoms with Gasteiger partial charge in [-0.15, -0.1) is 0 Å². The third-order valence-corrected chi connectivity index (χ3v) is 2.79. The van der Waals surface area contributed by atoms with Crippen LogP contribution >= 0.6 is 11.8 Å². The van der Waals surface area contributed by atoms with Crippen molar-refractivity contribution in [1.29, 1.82) is 0 Å². The molecule has 0 fully saturated rings. The van der Waals surface area contributed by atoms with E-state index in [1.807, 2.05) is 0 Å². The lowest BCUT2D eigenvalue weighted by Gasteiger charge is -2.10. The van der Waals surface area contributed by atoms with E-state index in [0.29, 0.717) is 6.42 Å². The number of hydrogen-bond acceptors (Lipinski definition) is 2. The molecule has 0 aliphatic rings. The Hall–Kier alpha value is -0.260. The third-order valence-electron chi connectivity index (χ3n) is 1.74. The van der Waals surface area contributed by atoms with Crippen molar-refractivity contribution in [3.63, 3.8) is 0 Å². The van der Waals surface area contributed by atoms with E-state index in [2.05, 4.69) is 0 Å². The summed E-state index contributed by atoms with van der Waals surface area (Å²) in [5, 5.41) is -0.0761. The highest BCUT2D eigenvalue weighted by atomic mass is 32.2. The standard InChI is InChI=1S/C9H14F4OS/c1-2-8(14)15-4-3-6(10)5-7(11)9(12)13/h6-7,9H,2-5H2,1H3. The molecular formula is C9H14F4OS. The summed E-state index contributed by atoms with van der Waals surface area (Å²) >= 11 is 0.951. The van der Waals surface area contributed by atoms with Crippen LogP contribution in [0.4, 0.5) is 17.6 Å².